The van der Waals surface area contributed by atoms with Crippen LogP contribution < -0.4 is 4.72 Å². The van der Waals surface area contributed by atoms with Crippen LogP contribution in [0.5, 0.6) is 0 Å². The summed E-state index contributed by atoms with van der Waals surface area (Å²) < 4.78 is 77.6. The second kappa shape index (κ2) is 8.32. The van der Waals surface area contributed by atoms with Gasteiger partial charge in [-0.25, -0.2) is 8.42 Å². The lowest BCUT2D eigenvalue weighted by atomic mass is 9.72. The van der Waals surface area contributed by atoms with Crippen molar-refractivity contribution in [2.75, 3.05) is 13.2 Å². The maximum Gasteiger partial charge on any atom is 0.421 e. The SMILES string of the molecule is CC1(C)CC(=O)C2=C(C1)N(CC1CCCO1)C(=O)C2(NS(=O)(=O)c1ccc(Cl)cc1)C(F)(F)F. The smallest absolute Gasteiger partial charge is 0.376 e. The van der Waals surface area contributed by atoms with E-state index in [0.29, 0.717) is 19.4 Å². The summed E-state index contributed by atoms with van der Waals surface area (Å²) in [4.78, 5) is 27.1. The first-order valence-corrected chi connectivity index (χ1v) is 12.6. The number of nitrogens with one attached hydrogen (secondary N) is 1. The van der Waals surface area contributed by atoms with Gasteiger partial charge in [0.2, 0.25) is 15.6 Å². The Balaban J connectivity index is 1.88. The number of alkyl halides is 3. The van der Waals surface area contributed by atoms with Gasteiger partial charge in [0.05, 0.1) is 23.1 Å². The summed E-state index contributed by atoms with van der Waals surface area (Å²) >= 11 is 5.77. The number of benzene rings is 1. The van der Waals surface area contributed by atoms with Crippen molar-refractivity contribution in [3.63, 3.8) is 0 Å². The highest BCUT2D eigenvalue weighted by Crippen LogP contribution is 2.52. The minimum Gasteiger partial charge on any atom is -0.376 e. The molecule has 1 amide bonds. The number of amides is 1. The number of ketones is 1. The fourth-order valence-electron chi connectivity index (χ4n) is 4.85. The van der Waals surface area contributed by atoms with E-state index in [2.05, 4.69) is 0 Å². The molecule has 186 valence electrons. The Bertz CT molecular complexity index is 1160. The summed E-state index contributed by atoms with van der Waals surface area (Å²) in [5.74, 6) is -2.45. The molecule has 1 aliphatic carbocycles. The van der Waals surface area contributed by atoms with Crippen LogP contribution in [-0.4, -0.2) is 56.0 Å². The number of sulfonamides is 1. The Kier molecular flexibility index (Phi) is 6.16. The Hall–Kier alpha value is -1.95. The van der Waals surface area contributed by atoms with Gasteiger partial charge in [-0.1, -0.05) is 25.4 Å². The van der Waals surface area contributed by atoms with Gasteiger partial charge in [-0.15, -0.1) is 0 Å². The molecule has 0 aromatic heterocycles. The van der Waals surface area contributed by atoms with Crippen molar-refractivity contribution in [1.82, 2.24) is 9.62 Å². The van der Waals surface area contributed by atoms with E-state index in [0.717, 1.165) is 17.0 Å². The van der Waals surface area contributed by atoms with Gasteiger partial charge in [0, 0.05) is 23.7 Å². The zero-order valence-corrected chi connectivity index (χ0v) is 20.1. The molecule has 12 heteroatoms. The van der Waals surface area contributed by atoms with Gasteiger partial charge in [-0.05, 0) is 48.9 Å². The Morgan fingerprint density at radius 2 is 1.82 bits per heavy atom. The molecular weight excluding hydrogens is 497 g/mol. The molecule has 2 heterocycles. The van der Waals surface area contributed by atoms with Crippen molar-refractivity contribution in [2.24, 2.45) is 5.41 Å². The number of halogens is 4. The summed E-state index contributed by atoms with van der Waals surface area (Å²) in [5.41, 5.74) is -5.38. The lowest BCUT2D eigenvalue weighted by Gasteiger charge is -2.35. The van der Waals surface area contributed by atoms with Gasteiger partial charge < -0.3 is 9.64 Å². The molecule has 2 aliphatic heterocycles. The van der Waals surface area contributed by atoms with Crippen LogP contribution in [-0.2, 0) is 24.3 Å². The molecule has 7 nitrogen and oxygen atoms in total. The predicted octanol–water partition coefficient (Wildman–Crippen LogP) is 3.58. The monoisotopic (exact) mass is 520 g/mol. The summed E-state index contributed by atoms with van der Waals surface area (Å²) in [6.45, 7) is 3.65. The van der Waals surface area contributed by atoms with Crippen molar-refractivity contribution in [1.29, 1.82) is 0 Å². The molecule has 2 atom stereocenters. The van der Waals surface area contributed by atoms with E-state index in [1.165, 1.54) is 12.1 Å². The largest absolute Gasteiger partial charge is 0.421 e. The van der Waals surface area contributed by atoms with Crippen LogP contribution in [0.3, 0.4) is 0 Å². The Morgan fingerprint density at radius 3 is 2.38 bits per heavy atom. The number of ether oxygens (including phenoxy) is 1. The molecule has 1 aromatic carbocycles. The van der Waals surface area contributed by atoms with E-state index in [1.807, 2.05) is 0 Å². The Morgan fingerprint density at radius 1 is 1.18 bits per heavy atom. The summed E-state index contributed by atoms with van der Waals surface area (Å²) in [7, 11) is -4.88. The zero-order chi connectivity index (χ0) is 25.1. The minimum atomic E-state index is -5.42. The molecule has 1 saturated heterocycles. The average Bonchev–Trinajstić information content (AvgIpc) is 3.28. The standard InChI is InChI=1S/C22H24ClF3N2O5S/c1-20(2)10-16-18(17(29)11-20)21(22(24,25)26,19(30)28(16)12-14-4-3-9-33-14)27-34(31,32)15-7-5-13(23)6-8-15/h5-8,14,27H,3-4,9-12H2,1-2H3. The summed E-state index contributed by atoms with van der Waals surface area (Å²) in [5, 5.41) is 0.179. The molecule has 34 heavy (non-hydrogen) atoms. The molecule has 3 aliphatic rings. The number of carbonyl (C=O) groups is 2. The van der Waals surface area contributed by atoms with E-state index < -0.39 is 55.4 Å². The van der Waals surface area contributed by atoms with Crippen LogP contribution in [0.25, 0.3) is 0 Å². The van der Waals surface area contributed by atoms with Crippen LogP contribution in [0, 0.1) is 5.41 Å². The highest BCUT2D eigenvalue weighted by atomic mass is 35.5. The molecule has 0 radical (unpaired) electrons. The third kappa shape index (κ3) is 4.16. The first kappa shape index (κ1) is 25.2. The van der Waals surface area contributed by atoms with Crippen molar-refractivity contribution in [2.45, 2.75) is 62.2 Å². The van der Waals surface area contributed by atoms with Crippen molar-refractivity contribution in [3.8, 4) is 0 Å². The second-order valence-corrected chi connectivity index (χ2v) is 11.7. The maximum absolute atomic E-state index is 14.8. The van der Waals surface area contributed by atoms with Gasteiger partial charge in [0.1, 0.15) is 0 Å². The number of rotatable bonds is 5. The van der Waals surface area contributed by atoms with Gasteiger partial charge >= 0.3 is 6.18 Å². The molecule has 2 unspecified atom stereocenters. The van der Waals surface area contributed by atoms with Crippen LogP contribution in [0.2, 0.25) is 5.02 Å². The molecule has 0 bridgehead atoms. The second-order valence-electron chi connectivity index (χ2n) is 9.62. The minimum absolute atomic E-state index is 0.00698. The molecule has 0 spiro atoms. The molecule has 1 aromatic rings. The highest BCUT2D eigenvalue weighted by molar-refractivity contribution is 7.89. The molecular formula is C22H24ClF3N2O5S. The molecule has 1 N–H and O–H groups in total. The predicted molar refractivity (Wildman–Crippen MR) is 116 cm³/mol. The number of nitrogens with zero attached hydrogens (tertiary/aromatic N) is 1. The van der Waals surface area contributed by atoms with Crippen molar-refractivity contribution in [3.05, 3.63) is 40.6 Å². The van der Waals surface area contributed by atoms with E-state index in [4.69, 9.17) is 16.3 Å². The number of carbonyl (C=O) groups excluding carboxylic acids is 2. The number of Topliss-reactive ketones (excluding diaryl/α,β-unsaturated/α-hetero) is 1. The topological polar surface area (TPSA) is 92.8 Å². The fourth-order valence-corrected chi connectivity index (χ4v) is 6.30. The van der Waals surface area contributed by atoms with E-state index in [9.17, 15) is 31.2 Å². The van der Waals surface area contributed by atoms with Crippen LogP contribution in [0.4, 0.5) is 13.2 Å². The van der Waals surface area contributed by atoms with Crippen LogP contribution >= 0.6 is 11.6 Å². The third-order valence-electron chi connectivity index (χ3n) is 6.37. The third-order valence-corrected chi connectivity index (χ3v) is 8.09. The number of hydrogen-bond acceptors (Lipinski definition) is 5. The molecule has 0 saturated carbocycles. The molecule has 4 rings (SSSR count). The number of allylic oxidation sites excluding steroid dienone is 1. The normalized spacial score (nSPS) is 27.5. The van der Waals surface area contributed by atoms with Crippen LogP contribution in [0.15, 0.2) is 40.4 Å². The quantitative estimate of drug-likeness (QED) is 0.640. The van der Waals surface area contributed by atoms with E-state index >= 15 is 0 Å². The lowest BCUT2D eigenvalue weighted by Crippen LogP contribution is -2.66. The number of hydrogen-bond donors (Lipinski definition) is 1. The maximum atomic E-state index is 14.8. The lowest BCUT2D eigenvalue weighted by molar-refractivity contribution is -0.189. The first-order chi connectivity index (χ1) is 15.7. The van der Waals surface area contributed by atoms with E-state index in [-0.39, 0.29) is 30.1 Å². The first-order valence-electron chi connectivity index (χ1n) is 10.7. The van der Waals surface area contributed by atoms with Crippen molar-refractivity contribution < 1.29 is 35.9 Å². The average molecular weight is 521 g/mol. The van der Waals surface area contributed by atoms with E-state index in [1.54, 1.807) is 18.6 Å². The summed E-state index contributed by atoms with van der Waals surface area (Å²) in [6.07, 6.45) is -4.95. The van der Waals surface area contributed by atoms with Crippen LogP contribution in [0.1, 0.15) is 39.5 Å². The van der Waals surface area contributed by atoms with Gasteiger partial charge in [0.25, 0.3) is 5.91 Å². The highest BCUT2D eigenvalue weighted by Gasteiger charge is 2.72. The van der Waals surface area contributed by atoms with Gasteiger partial charge in [0.15, 0.2) is 5.78 Å². The summed E-state index contributed by atoms with van der Waals surface area (Å²) in [6, 6.07) is 4.46. The van der Waals surface area contributed by atoms with Gasteiger partial charge in [-0.2, -0.15) is 17.9 Å². The van der Waals surface area contributed by atoms with Crippen molar-refractivity contribution >= 4 is 33.3 Å². The zero-order valence-electron chi connectivity index (χ0n) is 18.5. The Labute approximate surface area is 200 Å². The molecule has 1 fully saturated rings. The van der Waals surface area contributed by atoms with Gasteiger partial charge in [-0.3, -0.25) is 9.59 Å². The fraction of sp³-hybridized carbons (Fsp3) is 0.545.